The van der Waals surface area contributed by atoms with Crippen molar-refractivity contribution in [2.75, 3.05) is 17.7 Å². The van der Waals surface area contributed by atoms with Crippen molar-refractivity contribution in [3.63, 3.8) is 0 Å². The van der Waals surface area contributed by atoms with Gasteiger partial charge in [-0.1, -0.05) is 29.9 Å². The third-order valence-electron chi connectivity index (χ3n) is 3.95. The number of rotatable bonds is 4. The van der Waals surface area contributed by atoms with Gasteiger partial charge in [0.25, 0.3) is 0 Å². The van der Waals surface area contributed by atoms with E-state index in [1.165, 1.54) is 24.7 Å². The molecule has 2 N–H and O–H groups in total. The zero-order valence-corrected chi connectivity index (χ0v) is 17.5. The van der Waals surface area contributed by atoms with Crippen LogP contribution in [-0.2, 0) is 6.18 Å². The maximum absolute atomic E-state index is 12.3. The molecule has 0 aliphatic rings. The number of halogens is 4. The molecule has 4 aromatic rings. The summed E-state index contributed by atoms with van der Waals surface area (Å²) in [5.41, 5.74) is 2.64. The molecule has 11 heteroatoms. The van der Waals surface area contributed by atoms with Gasteiger partial charge in [-0.05, 0) is 36.4 Å². The smallest absolute Gasteiger partial charge is 0.418 e. The van der Waals surface area contributed by atoms with Crippen LogP contribution in [0.15, 0.2) is 59.3 Å². The number of nitrogens with zero attached hydrogens (tertiary/aromatic N) is 3. The van der Waals surface area contributed by atoms with Gasteiger partial charge in [-0.2, -0.15) is 18.2 Å². The lowest BCUT2D eigenvalue weighted by molar-refractivity contribution is -0.136. The fraction of sp³-hybridized carbons (Fsp3) is 0.100. The fourth-order valence-electron chi connectivity index (χ4n) is 2.61. The summed E-state index contributed by atoms with van der Waals surface area (Å²) in [7, 11) is 1.40. The number of para-hydroxylation sites is 1. The standard InChI is InChI=1S/C12H8N4OS.C8H7ClF3N/c18-7-15-10-6-8(3-5-13-10)12-16-11-9(17-12)2-1-4-14-11;1-13-7-5(8(10,11)12)3-2-4-6(7)9/h1-7H,(H,13,15,18);2-4,13H,1H3. The highest BCUT2D eigenvalue weighted by Crippen LogP contribution is 2.38. The molecule has 0 saturated carbocycles. The number of hydrogen-bond donors (Lipinski definition) is 2. The summed E-state index contributed by atoms with van der Waals surface area (Å²) >= 11 is 10.3. The number of nitrogens with one attached hydrogen (secondary N) is 2. The molecular weight excluding hydrogens is 451 g/mol. The third-order valence-corrected chi connectivity index (χ3v) is 4.38. The van der Waals surface area contributed by atoms with E-state index < -0.39 is 11.7 Å². The second kappa shape index (κ2) is 9.71. The number of thiocarbonyl (C=S) groups is 1. The van der Waals surface area contributed by atoms with E-state index in [4.69, 9.17) is 28.2 Å². The number of aromatic nitrogens is 3. The molecule has 6 nitrogen and oxygen atoms in total. The number of anilines is 2. The molecule has 0 bridgehead atoms. The highest BCUT2D eigenvalue weighted by molar-refractivity contribution is 7.79. The normalized spacial score (nSPS) is 10.9. The van der Waals surface area contributed by atoms with E-state index in [-0.39, 0.29) is 10.7 Å². The second-order valence-corrected chi connectivity index (χ2v) is 6.59. The Morgan fingerprint density at radius 1 is 1.10 bits per heavy atom. The average Bonchev–Trinajstić information content (AvgIpc) is 3.18. The Bertz CT molecular complexity index is 1170. The lowest BCUT2D eigenvalue weighted by Gasteiger charge is -2.13. The van der Waals surface area contributed by atoms with E-state index in [1.807, 2.05) is 24.3 Å². The van der Waals surface area contributed by atoms with Crippen LogP contribution in [-0.4, -0.2) is 27.5 Å². The van der Waals surface area contributed by atoms with E-state index in [9.17, 15) is 13.2 Å². The summed E-state index contributed by atoms with van der Waals surface area (Å²) in [6.45, 7) is 0. The summed E-state index contributed by atoms with van der Waals surface area (Å²) < 4.78 is 42.6. The number of oxazole rings is 1. The number of pyridine rings is 2. The highest BCUT2D eigenvalue weighted by Gasteiger charge is 2.33. The van der Waals surface area contributed by atoms with Gasteiger partial charge in [-0.15, -0.1) is 0 Å². The molecule has 0 aliphatic carbocycles. The van der Waals surface area contributed by atoms with Crippen molar-refractivity contribution in [1.29, 1.82) is 0 Å². The van der Waals surface area contributed by atoms with Gasteiger partial charge in [0.1, 0.15) is 5.82 Å². The van der Waals surface area contributed by atoms with Gasteiger partial charge in [-0.3, -0.25) is 0 Å². The lowest BCUT2D eigenvalue weighted by Crippen LogP contribution is -2.08. The molecular formula is C20H15ClF3N5OS. The highest BCUT2D eigenvalue weighted by atomic mass is 35.5. The summed E-state index contributed by atoms with van der Waals surface area (Å²) in [6.07, 6.45) is -1.03. The predicted octanol–water partition coefficient (Wildman–Crippen LogP) is 6.05. The van der Waals surface area contributed by atoms with Crippen LogP contribution in [0.1, 0.15) is 5.56 Å². The van der Waals surface area contributed by atoms with Crippen LogP contribution in [0.5, 0.6) is 0 Å². The average molecular weight is 466 g/mol. The van der Waals surface area contributed by atoms with Crippen molar-refractivity contribution in [3.8, 4) is 11.5 Å². The Labute approximate surface area is 185 Å². The summed E-state index contributed by atoms with van der Waals surface area (Å²) in [5.74, 6) is 1.16. The van der Waals surface area contributed by atoms with Crippen LogP contribution in [0, 0.1) is 0 Å². The Kier molecular flexibility index (Phi) is 7.03. The molecule has 0 spiro atoms. The fourth-order valence-corrected chi connectivity index (χ4v) is 3.00. The van der Waals surface area contributed by atoms with Crippen molar-refractivity contribution in [1.82, 2.24) is 15.0 Å². The molecule has 0 amide bonds. The van der Waals surface area contributed by atoms with Gasteiger partial charge in [0.05, 0.1) is 21.8 Å². The van der Waals surface area contributed by atoms with Gasteiger partial charge in [-0.25, -0.2) is 9.97 Å². The van der Waals surface area contributed by atoms with Gasteiger partial charge in [0.15, 0.2) is 11.2 Å². The van der Waals surface area contributed by atoms with Crippen LogP contribution < -0.4 is 10.6 Å². The van der Waals surface area contributed by atoms with Crippen LogP contribution in [0.4, 0.5) is 24.7 Å². The SMILES string of the molecule is CNc1c(Cl)cccc1C(F)(F)F.S=CNc1cc(-c2nc3ncccc3o2)ccn1. The molecule has 0 saturated heterocycles. The molecule has 31 heavy (non-hydrogen) atoms. The Hall–Kier alpha value is -3.24. The van der Waals surface area contributed by atoms with Gasteiger partial charge in [0, 0.05) is 25.0 Å². The van der Waals surface area contributed by atoms with Crippen LogP contribution in [0.3, 0.4) is 0 Å². The third kappa shape index (κ3) is 5.47. The van der Waals surface area contributed by atoms with Gasteiger partial charge < -0.3 is 15.1 Å². The first-order valence-electron chi connectivity index (χ1n) is 8.75. The van der Waals surface area contributed by atoms with E-state index >= 15 is 0 Å². The molecule has 1 aromatic carbocycles. The molecule has 0 fully saturated rings. The largest absolute Gasteiger partial charge is 0.434 e. The minimum Gasteiger partial charge on any atom is -0.434 e. The van der Waals surface area contributed by atoms with Crippen molar-refractivity contribution >= 4 is 52.0 Å². The molecule has 3 aromatic heterocycles. The summed E-state index contributed by atoms with van der Waals surface area (Å²) in [6, 6.07) is 10.9. The number of benzene rings is 1. The van der Waals surface area contributed by atoms with Crippen molar-refractivity contribution in [2.24, 2.45) is 0 Å². The maximum Gasteiger partial charge on any atom is 0.418 e. The second-order valence-electron chi connectivity index (χ2n) is 5.95. The first kappa shape index (κ1) is 22.4. The van der Waals surface area contributed by atoms with Crippen molar-refractivity contribution in [3.05, 3.63) is 65.4 Å². The molecule has 0 atom stereocenters. The van der Waals surface area contributed by atoms with E-state index in [1.54, 1.807) is 12.4 Å². The molecule has 0 radical (unpaired) electrons. The van der Waals surface area contributed by atoms with E-state index in [0.717, 1.165) is 11.6 Å². The first-order chi connectivity index (χ1) is 14.8. The zero-order chi connectivity index (χ0) is 22.4. The van der Waals surface area contributed by atoms with Crippen LogP contribution >= 0.6 is 23.8 Å². The molecule has 0 aliphatic heterocycles. The minimum atomic E-state index is -4.37. The minimum absolute atomic E-state index is 0.0670. The Morgan fingerprint density at radius 3 is 2.55 bits per heavy atom. The molecule has 160 valence electrons. The van der Waals surface area contributed by atoms with Crippen LogP contribution in [0.2, 0.25) is 5.02 Å². The number of hydrogen-bond acceptors (Lipinski definition) is 6. The van der Waals surface area contributed by atoms with E-state index in [0.29, 0.717) is 22.9 Å². The zero-order valence-electron chi connectivity index (χ0n) is 15.9. The molecule has 3 heterocycles. The predicted molar refractivity (Wildman–Crippen MR) is 118 cm³/mol. The quantitative estimate of drug-likeness (QED) is 0.355. The Balaban J connectivity index is 0.000000187. The molecule has 0 unspecified atom stereocenters. The van der Waals surface area contributed by atoms with Crippen molar-refractivity contribution < 1.29 is 17.6 Å². The lowest BCUT2D eigenvalue weighted by atomic mass is 10.1. The van der Waals surface area contributed by atoms with Gasteiger partial charge in [0.2, 0.25) is 5.89 Å². The number of fused-ring (bicyclic) bond motifs is 1. The van der Waals surface area contributed by atoms with Crippen LogP contribution in [0.25, 0.3) is 22.7 Å². The van der Waals surface area contributed by atoms with E-state index in [2.05, 4.69) is 25.6 Å². The summed E-state index contributed by atoms with van der Waals surface area (Å²) in [4.78, 5) is 12.6. The topological polar surface area (TPSA) is 75.9 Å². The number of alkyl halides is 3. The Morgan fingerprint density at radius 2 is 1.90 bits per heavy atom. The maximum atomic E-state index is 12.3. The first-order valence-corrected chi connectivity index (χ1v) is 9.60. The monoisotopic (exact) mass is 465 g/mol. The van der Waals surface area contributed by atoms with Crippen molar-refractivity contribution in [2.45, 2.75) is 6.18 Å². The molecule has 4 rings (SSSR count). The summed E-state index contributed by atoms with van der Waals surface area (Å²) in [5, 5.41) is 5.33. The van der Waals surface area contributed by atoms with Gasteiger partial charge >= 0.3 is 6.18 Å².